The number of hydrogen-bond donors (Lipinski definition) is 0. The minimum atomic E-state index is -0.0288. The van der Waals surface area contributed by atoms with Gasteiger partial charge in [0.25, 0.3) is 0 Å². The first-order valence-corrected chi connectivity index (χ1v) is 5.54. The maximum Gasteiger partial charge on any atom is 0.177 e. The van der Waals surface area contributed by atoms with Crippen LogP contribution in [-0.4, -0.2) is 10.9 Å². The highest BCUT2D eigenvalue weighted by Crippen LogP contribution is 2.29. The molecule has 0 unspecified atom stereocenters. The molecule has 1 heterocycles. The zero-order chi connectivity index (χ0) is 12.6. The molecule has 2 aromatic rings. The molecule has 3 nitrogen and oxygen atoms in total. The van der Waals surface area contributed by atoms with E-state index < -0.39 is 0 Å². The lowest BCUT2D eigenvalue weighted by atomic mass is 9.97. The van der Waals surface area contributed by atoms with E-state index in [1.165, 1.54) is 24.2 Å². The first kappa shape index (κ1) is 11.6. The van der Waals surface area contributed by atoms with E-state index in [2.05, 4.69) is 18.1 Å². The Kier molecular flexibility index (Phi) is 2.84. The second-order valence-electron chi connectivity index (χ2n) is 4.38. The van der Waals surface area contributed by atoms with E-state index in [0.717, 1.165) is 11.1 Å². The van der Waals surface area contributed by atoms with Gasteiger partial charge in [0, 0.05) is 5.56 Å². The first-order chi connectivity index (χ1) is 8.00. The topological polar surface area (TPSA) is 43.1 Å². The Hall–Kier alpha value is -1.90. The summed E-state index contributed by atoms with van der Waals surface area (Å²) in [5.41, 5.74) is 4.98. The fourth-order valence-corrected chi connectivity index (χ4v) is 1.89. The number of ketones is 1. The van der Waals surface area contributed by atoms with Gasteiger partial charge in [0.05, 0.1) is 11.8 Å². The Bertz CT molecular complexity index is 582. The number of aryl methyl sites for hydroxylation is 3. The van der Waals surface area contributed by atoms with Crippen LogP contribution in [0.2, 0.25) is 0 Å². The molecule has 0 bridgehead atoms. The van der Waals surface area contributed by atoms with Crippen LogP contribution in [0.3, 0.4) is 0 Å². The fraction of sp³-hybridized carbons (Fsp3) is 0.286. The molecule has 0 fully saturated rings. The summed E-state index contributed by atoms with van der Waals surface area (Å²) in [6, 6.07) is 4.13. The van der Waals surface area contributed by atoms with Crippen molar-refractivity contribution < 1.29 is 9.32 Å². The van der Waals surface area contributed by atoms with Crippen LogP contribution >= 0.6 is 0 Å². The SMILES string of the molecule is CC(=O)c1cnoc1-c1cc(C)c(C)cc1C. The van der Waals surface area contributed by atoms with Gasteiger partial charge in [0.15, 0.2) is 11.5 Å². The summed E-state index contributed by atoms with van der Waals surface area (Å²) in [4.78, 5) is 11.5. The molecular weight excluding hydrogens is 214 g/mol. The van der Waals surface area contributed by atoms with Crippen LogP contribution in [0.5, 0.6) is 0 Å². The van der Waals surface area contributed by atoms with Crippen LogP contribution in [0.15, 0.2) is 22.9 Å². The minimum absolute atomic E-state index is 0.0288. The Morgan fingerprint density at radius 2 is 1.76 bits per heavy atom. The molecule has 0 spiro atoms. The monoisotopic (exact) mass is 229 g/mol. The molecule has 1 aromatic heterocycles. The predicted molar refractivity (Wildman–Crippen MR) is 66.2 cm³/mol. The average molecular weight is 229 g/mol. The molecule has 0 radical (unpaired) electrons. The van der Waals surface area contributed by atoms with Crippen molar-refractivity contribution in [3.8, 4) is 11.3 Å². The van der Waals surface area contributed by atoms with Gasteiger partial charge in [-0.1, -0.05) is 11.2 Å². The summed E-state index contributed by atoms with van der Waals surface area (Å²) in [5, 5.41) is 3.72. The third kappa shape index (κ3) is 2.00. The molecule has 0 aliphatic rings. The van der Waals surface area contributed by atoms with Crippen LogP contribution in [0.4, 0.5) is 0 Å². The van der Waals surface area contributed by atoms with Crippen molar-refractivity contribution in [2.45, 2.75) is 27.7 Å². The van der Waals surface area contributed by atoms with Crippen LogP contribution in [0, 0.1) is 20.8 Å². The molecule has 0 saturated heterocycles. The number of rotatable bonds is 2. The Labute approximate surface area is 100 Å². The quantitative estimate of drug-likeness (QED) is 0.740. The Balaban J connectivity index is 2.64. The van der Waals surface area contributed by atoms with Crippen LogP contribution in [0.25, 0.3) is 11.3 Å². The fourth-order valence-electron chi connectivity index (χ4n) is 1.89. The first-order valence-electron chi connectivity index (χ1n) is 5.54. The lowest BCUT2D eigenvalue weighted by molar-refractivity contribution is 0.101. The van der Waals surface area contributed by atoms with Crippen molar-refractivity contribution in [1.29, 1.82) is 0 Å². The van der Waals surface area contributed by atoms with Gasteiger partial charge in [0.1, 0.15) is 0 Å². The summed E-state index contributed by atoms with van der Waals surface area (Å²) >= 11 is 0. The molecule has 0 atom stereocenters. The van der Waals surface area contributed by atoms with Gasteiger partial charge >= 0.3 is 0 Å². The number of Topliss-reactive ketones (excluding diaryl/α,β-unsaturated/α-hetero) is 1. The van der Waals surface area contributed by atoms with Gasteiger partial charge < -0.3 is 4.52 Å². The second-order valence-corrected chi connectivity index (χ2v) is 4.38. The van der Waals surface area contributed by atoms with Crippen molar-refractivity contribution in [3.05, 3.63) is 40.6 Å². The van der Waals surface area contributed by atoms with Crippen molar-refractivity contribution in [2.75, 3.05) is 0 Å². The molecule has 0 aliphatic carbocycles. The van der Waals surface area contributed by atoms with E-state index in [9.17, 15) is 4.79 Å². The van der Waals surface area contributed by atoms with E-state index in [1.54, 1.807) is 0 Å². The van der Waals surface area contributed by atoms with E-state index >= 15 is 0 Å². The molecule has 0 saturated carbocycles. The van der Waals surface area contributed by atoms with Gasteiger partial charge in [-0.2, -0.15) is 0 Å². The Morgan fingerprint density at radius 3 is 2.41 bits per heavy atom. The molecule has 88 valence electrons. The minimum Gasteiger partial charge on any atom is -0.356 e. The summed E-state index contributed by atoms with van der Waals surface area (Å²) in [7, 11) is 0. The number of nitrogens with zero attached hydrogens (tertiary/aromatic N) is 1. The third-order valence-corrected chi connectivity index (χ3v) is 3.04. The molecule has 0 aliphatic heterocycles. The maximum absolute atomic E-state index is 11.5. The van der Waals surface area contributed by atoms with Crippen molar-refractivity contribution in [3.63, 3.8) is 0 Å². The predicted octanol–water partition coefficient (Wildman–Crippen LogP) is 3.47. The second kappa shape index (κ2) is 4.17. The van der Waals surface area contributed by atoms with Crippen LogP contribution in [-0.2, 0) is 0 Å². The normalized spacial score (nSPS) is 10.6. The lowest BCUT2D eigenvalue weighted by Gasteiger charge is -2.07. The third-order valence-electron chi connectivity index (χ3n) is 3.04. The average Bonchev–Trinajstić information content (AvgIpc) is 2.72. The van der Waals surface area contributed by atoms with Gasteiger partial charge in [0.2, 0.25) is 0 Å². The van der Waals surface area contributed by atoms with E-state index in [0.29, 0.717) is 11.3 Å². The maximum atomic E-state index is 11.5. The summed E-state index contributed by atoms with van der Waals surface area (Å²) in [5.74, 6) is 0.539. The van der Waals surface area contributed by atoms with Gasteiger partial charge in [-0.05, 0) is 50.5 Å². The molecule has 17 heavy (non-hydrogen) atoms. The zero-order valence-corrected chi connectivity index (χ0v) is 10.5. The molecule has 0 amide bonds. The van der Waals surface area contributed by atoms with Crippen molar-refractivity contribution in [2.24, 2.45) is 0 Å². The van der Waals surface area contributed by atoms with Gasteiger partial charge in [-0.25, -0.2) is 0 Å². The zero-order valence-electron chi connectivity index (χ0n) is 10.5. The standard InChI is InChI=1S/C14H15NO2/c1-8-5-10(3)12(6-9(8)2)14-13(11(4)16)7-15-17-14/h5-7H,1-4H3. The summed E-state index contributed by atoms with van der Waals surface area (Å²) < 4.78 is 5.22. The van der Waals surface area contributed by atoms with E-state index in [-0.39, 0.29) is 5.78 Å². The number of carbonyl (C=O) groups excluding carboxylic acids is 1. The van der Waals surface area contributed by atoms with Crippen molar-refractivity contribution >= 4 is 5.78 Å². The molecule has 1 aromatic carbocycles. The highest BCUT2D eigenvalue weighted by molar-refractivity contribution is 5.99. The summed E-state index contributed by atoms with van der Waals surface area (Å²) in [6.07, 6.45) is 1.48. The van der Waals surface area contributed by atoms with E-state index in [1.807, 2.05) is 19.9 Å². The highest BCUT2D eigenvalue weighted by atomic mass is 16.5. The van der Waals surface area contributed by atoms with Gasteiger partial charge in [-0.15, -0.1) is 0 Å². The van der Waals surface area contributed by atoms with Crippen LogP contribution < -0.4 is 0 Å². The number of aromatic nitrogens is 1. The van der Waals surface area contributed by atoms with Crippen LogP contribution in [0.1, 0.15) is 34.0 Å². The Morgan fingerprint density at radius 1 is 1.12 bits per heavy atom. The smallest absolute Gasteiger partial charge is 0.177 e. The molecule has 0 N–H and O–H groups in total. The number of hydrogen-bond acceptors (Lipinski definition) is 3. The molecular formula is C14H15NO2. The van der Waals surface area contributed by atoms with Crippen molar-refractivity contribution in [1.82, 2.24) is 5.16 Å². The lowest BCUT2D eigenvalue weighted by Crippen LogP contribution is -1.94. The molecule has 3 heteroatoms. The summed E-state index contributed by atoms with van der Waals surface area (Å²) in [6.45, 7) is 7.64. The largest absolute Gasteiger partial charge is 0.356 e. The highest BCUT2D eigenvalue weighted by Gasteiger charge is 2.16. The number of carbonyl (C=O) groups is 1. The molecule has 2 rings (SSSR count). The van der Waals surface area contributed by atoms with Gasteiger partial charge in [-0.3, -0.25) is 4.79 Å². The number of benzene rings is 1. The van der Waals surface area contributed by atoms with E-state index in [4.69, 9.17) is 4.52 Å².